The third-order valence-corrected chi connectivity index (χ3v) is 4.33. The Labute approximate surface area is 102 Å². The second-order valence-corrected chi connectivity index (χ2v) is 5.52. The van der Waals surface area contributed by atoms with E-state index in [1.165, 1.54) is 30.9 Å². The molecule has 0 aliphatic carbocycles. The minimum Gasteiger partial charge on any atom is -0.323 e. The van der Waals surface area contributed by atoms with Gasteiger partial charge in [-0.3, -0.25) is 0 Å². The van der Waals surface area contributed by atoms with Gasteiger partial charge in [0.05, 0.1) is 10.7 Å². The van der Waals surface area contributed by atoms with Crippen LogP contribution in [0.15, 0.2) is 5.38 Å². The van der Waals surface area contributed by atoms with E-state index in [0.29, 0.717) is 5.92 Å². The Bertz CT molecular complexity index is 335. The van der Waals surface area contributed by atoms with Crippen molar-refractivity contribution in [1.82, 2.24) is 9.88 Å². The molecule has 2 heterocycles. The van der Waals surface area contributed by atoms with E-state index in [0.717, 1.165) is 12.2 Å². The molecule has 2 unspecified atom stereocenters. The predicted molar refractivity (Wildman–Crippen MR) is 68.8 cm³/mol. The summed E-state index contributed by atoms with van der Waals surface area (Å²) in [5.74, 6) is 0.631. The second-order valence-electron chi connectivity index (χ2n) is 4.63. The number of likely N-dealkylation sites (N-methyl/N-ethyl adjacent to an activating group) is 1. The van der Waals surface area contributed by atoms with Crippen LogP contribution in [0.1, 0.15) is 49.4 Å². The number of thiazole rings is 1. The molecule has 4 heteroatoms. The summed E-state index contributed by atoms with van der Waals surface area (Å²) in [6.07, 6.45) is 2.58. The van der Waals surface area contributed by atoms with Crippen LogP contribution in [-0.2, 0) is 0 Å². The van der Waals surface area contributed by atoms with Crippen molar-refractivity contribution in [3.05, 3.63) is 16.1 Å². The topological polar surface area (TPSA) is 42.2 Å². The van der Waals surface area contributed by atoms with E-state index in [1.807, 2.05) is 6.92 Å². The van der Waals surface area contributed by atoms with Crippen molar-refractivity contribution in [1.29, 1.82) is 0 Å². The molecule has 1 aliphatic rings. The number of aromatic nitrogens is 1. The van der Waals surface area contributed by atoms with E-state index in [9.17, 15) is 0 Å². The van der Waals surface area contributed by atoms with Crippen LogP contribution in [0.2, 0.25) is 0 Å². The summed E-state index contributed by atoms with van der Waals surface area (Å²) in [6.45, 7) is 7.80. The normalized spacial score (nSPS) is 24.6. The highest BCUT2D eigenvalue weighted by atomic mass is 32.1. The fraction of sp³-hybridized carbons (Fsp3) is 0.750. The molecule has 1 aliphatic heterocycles. The number of hydrogen-bond acceptors (Lipinski definition) is 4. The fourth-order valence-corrected chi connectivity index (χ4v) is 3.29. The minimum atomic E-state index is 0.0656. The molecule has 1 aromatic rings. The molecule has 2 atom stereocenters. The van der Waals surface area contributed by atoms with Crippen molar-refractivity contribution in [2.24, 2.45) is 5.73 Å². The Hall–Kier alpha value is -0.450. The number of nitrogens with two attached hydrogens (primary N) is 1. The number of hydrogen-bond donors (Lipinski definition) is 1. The molecule has 0 aromatic carbocycles. The Balaban J connectivity index is 2.05. The summed E-state index contributed by atoms with van der Waals surface area (Å²) in [4.78, 5) is 7.18. The van der Waals surface area contributed by atoms with Gasteiger partial charge in [-0.2, -0.15) is 0 Å². The lowest BCUT2D eigenvalue weighted by Gasteiger charge is -2.30. The Morgan fingerprint density at radius 2 is 2.50 bits per heavy atom. The molecule has 0 bridgehead atoms. The van der Waals surface area contributed by atoms with Crippen LogP contribution in [0.25, 0.3) is 0 Å². The molecule has 1 aromatic heterocycles. The van der Waals surface area contributed by atoms with E-state index in [2.05, 4.69) is 22.2 Å². The monoisotopic (exact) mass is 239 g/mol. The van der Waals surface area contributed by atoms with E-state index in [4.69, 9.17) is 5.73 Å². The molecule has 1 saturated heterocycles. The van der Waals surface area contributed by atoms with Gasteiger partial charge in [0.15, 0.2) is 0 Å². The lowest BCUT2D eigenvalue weighted by Crippen LogP contribution is -2.34. The van der Waals surface area contributed by atoms with E-state index >= 15 is 0 Å². The van der Waals surface area contributed by atoms with Crippen molar-refractivity contribution >= 4 is 11.3 Å². The van der Waals surface area contributed by atoms with Gasteiger partial charge >= 0.3 is 0 Å². The molecular formula is C12H21N3S. The highest BCUT2D eigenvalue weighted by molar-refractivity contribution is 7.09. The molecule has 1 fully saturated rings. The van der Waals surface area contributed by atoms with Crippen LogP contribution in [-0.4, -0.2) is 29.5 Å². The molecule has 0 saturated carbocycles. The quantitative estimate of drug-likeness (QED) is 0.880. The molecule has 16 heavy (non-hydrogen) atoms. The van der Waals surface area contributed by atoms with Crippen LogP contribution in [0, 0.1) is 0 Å². The van der Waals surface area contributed by atoms with Crippen LogP contribution < -0.4 is 5.73 Å². The van der Waals surface area contributed by atoms with Crippen LogP contribution in [0.4, 0.5) is 0 Å². The standard InChI is InChI=1S/C12H21N3S/c1-3-15-6-4-5-10(7-15)12-14-11(8-16-12)9(2)13/h8-10H,3-7,13H2,1-2H3. The van der Waals surface area contributed by atoms with E-state index in [-0.39, 0.29) is 6.04 Å². The van der Waals surface area contributed by atoms with Gasteiger partial charge in [-0.15, -0.1) is 11.3 Å². The van der Waals surface area contributed by atoms with Crippen molar-refractivity contribution in [3.63, 3.8) is 0 Å². The molecule has 90 valence electrons. The lowest BCUT2D eigenvalue weighted by atomic mass is 9.99. The zero-order valence-corrected chi connectivity index (χ0v) is 11.0. The Kier molecular flexibility index (Phi) is 3.95. The maximum atomic E-state index is 5.84. The van der Waals surface area contributed by atoms with Crippen LogP contribution in [0.3, 0.4) is 0 Å². The van der Waals surface area contributed by atoms with E-state index in [1.54, 1.807) is 11.3 Å². The average molecular weight is 239 g/mol. The molecule has 3 nitrogen and oxygen atoms in total. The third-order valence-electron chi connectivity index (χ3n) is 3.31. The van der Waals surface area contributed by atoms with Gasteiger partial charge in [0.1, 0.15) is 0 Å². The summed E-state index contributed by atoms with van der Waals surface area (Å²) in [5, 5.41) is 3.40. The van der Waals surface area contributed by atoms with Gasteiger partial charge < -0.3 is 10.6 Å². The zero-order valence-electron chi connectivity index (χ0n) is 10.1. The predicted octanol–water partition coefficient (Wildman–Crippen LogP) is 2.36. The second kappa shape index (κ2) is 5.25. The lowest BCUT2D eigenvalue weighted by molar-refractivity contribution is 0.217. The Morgan fingerprint density at radius 3 is 3.12 bits per heavy atom. The summed E-state index contributed by atoms with van der Waals surface area (Å²) in [6, 6.07) is 0.0656. The highest BCUT2D eigenvalue weighted by Gasteiger charge is 2.23. The first-order valence-electron chi connectivity index (χ1n) is 6.14. The summed E-state index contributed by atoms with van der Waals surface area (Å²) in [7, 11) is 0. The maximum Gasteiger partial charge on any atom is 0.0972 e. The van der Waals surface area contributed by atoms with Crippen molar-refractivity contribution in [2.75, 3.05) is 19.6 Å². The van der Waals surface area contributed by atoms with Gasteiger partial charge in [-0.1, -0.05) is 6.92 Å². The van der Waals surface area contributed by atoms with Gasteiger partial charge in [-0.05, 0) is 32.9 Å². The molecule has 2 rings (SSSR count). The SMILES string of the molecule is CCN1CCCC(c2nc(C(C)N)cs2)C1. The molecule has 0 spiro atoms. The number of piperidine rings is 1. The first-order valence-corrected chi connectivity index (χ1v) is 7.02. The van der Waals surface area contributed by atoms with Crippen molar-refractivity contribution in [3.8, 4) is 0 Å². The smallest absolute Gasteiger partial charge is 0.0972 e. The van der Waals surface area contributed by atoms with Crippen molar-refractivity contribution in [2.45, 2.75) is 38.6 Å². The van der Waals surface area contributed by atoms with Gasteiger partial charge in [0, 0.05) is 23.9 Å². The maximum absolute atomic E-state index is 5.84. The van der Waals surface area contributed by atoms with Gasteiger partial charge in [0.25, 0.3) is 0 Å². The first-order chi connectivity index (χ1) is 7.70. The summed E-state index contributed by atoms with van der Waals surface area (Å²) in [5.41, 5.74) is 6.89. The van der Waals surface area contributed by atoms with Gasteiger partial charge in [0.2, 0.25) is 0 Å². The highest BCUT2D eigenvalue weighted by Crippen LogP contribution is 2.29. The minimum absolute atomic E-state index is 0.0656. The first kappa shape index (κ1) is 12.0. The van der Waals surface area contributed by atoms with E-state index < -0.39 is 0 Å². The van der Waals surface area contributed by atoms with Crippen molar-refractivity contribution < 1.29 is 0 Å². The van der Waals surface area contributed by atoms with Gasteiger partial charge in [-0.25, -0.2) is 4.98 Å². The number of nitrogens with zero attached hydrogens (tertiary/aromatic N) is 2. The average Bonchev–Trinajstić information content (AvgIpc) is 2.78. The number of likely N-dealkylation sites (tertiary alicyclic amines) is 1. The molecule has 2 N–H and O–H groups in total. The fourth-order valence-electron chi connectivity index (χ4n) is 2.24. The van der Waals surface area contributed by atoms with Crippen LogP contribution in [0.5, 0.6) is 0 Å². The third kappa shape index (κ3) is 2.62. The molecule has 0 radical (unpaired) electrons. The molecule has 0 amide bonds. The number of rotatable bonds is 3. The summed E-state index contributed by atoms with van der Waals surface area (Å²) >= 11 is 1.78. The summed E-state index contributed by atoms with van der Waals surface area (Å²) < 4.78 is 0. The molecular weight excluding hydrogens is 218 g/mol. The van der Waals surface area contributed by atoms with Crippen LogP contribution >= 0.6 is 11.3 Å². The largest absolute Gasteiger partial charge is 0.323 e. The zero-order chi connectivity index (χ0) is 11.5. The Morgan fingerprint density at radius 1 is 1.69 bits per heavy atom.